The van der Waals surface area contributed by atoms with Crippen LogP contribution in [-0.2, 0) is 8.85 Å². The average molecular weight is 387 g/mol. The second kappa shape index (κ2) is 12.3. The molecule has 22 heavy (non-hydrogen) atoms. The van der Waals surface area contributed by atoms with Gasteiger partial charge in [0.1, 0.15) is 0 Å². The van der Waals surface area contributed by atoms with Gasteiger partial charge in [0.05, 0.1) is 0 Å². The van der Waals surface area contributed by atoms with Gasteiger partial charge in [0.15, 0.2) is 0 Å². The van der Waals surface area contributed by atoms with Crippen LogP contribution in [0.5, 0.6) is 0 Å². The average Bonchev–Trinajstić information content (AvgIpc) is 2.53. The van der Waals surface area contributed by atoms with Crippen LogP contribution in [0.25, 0.3) is 0 Å². The van der Waals surface area contributed by atoms with E-state index < -0.39 is 9.28 Å². The smallest absolute Gasteiger partial charge is 0.329 e. The van der Waals surface area contributed by atoms with Gasteiger partial charge in [-0.1, -0.05) is 68.1 Å². The molecular weight excluding hydrogens is 356 g/mol. The molecule has 0 radical (unpaired) electrons. The molecule has 0 heterocycles. The number of halogens is 1. The first-order chi connectivity index (χ1) is 10.7. The van der Waals surface area contributed by atoms with Gasteiger partial charge in [-0.2, -0.15) is 0 Å². The lowest BCUT2D eigenvalue weighted by molar-refractivity contribution is 0.182. The van der Waals surface area contributed by atoms with Gasteiger partial charge in [-0.15, -0.1) is 0 Å². The lowest BCUT2D eigenvalue weighted by Crippen LogP contribution is -2.32. The Morgan fingerprint density at radius 2 is 1.45 bits per heavy atom. The van der Waals surface area contributed by atoms with Crippen molar-refractivity contribution < 1.29 is 8.85 Å². The van der Waals surface area contributed by atoms with Crippen LogP contribution in [0.2, 0.25) is 0 Å². The standard InChI is InChI=1S/C18H31BrO2Si/c1-4-7-14-20-22(21-15-8-5-2)18(9-6-3)16-10-12-17(19)13-11-16/h10-13,18,22H,4-9,14-15H2,1-3H3. The highest BCUT2D eigenvalue weighted by molar-refractivity contribution is 9.10. The molecule has 1 rings (SSSR count). The fourth-order valence-electron chi connectivity index (χ4n) is 2.45. The van der Waals surface area contributed by atoms with Gasteiger partial charge in [0, 0.05) is 23.2 Å². The van der Waals surface area contributed by atoms with Crippen LogP contribution in [-0.4, -0.2) is 22.5 Å². The summed E-state index contributed by atoms with van der Waals surface area (Å²) in [5.41, 5.74) is 1.82. The molecule has 1 aromatic rings. The third-order valence-corrected chi connectivity index (χ3v) is 6.82. The predicted molar refractivity (Wildman–Crippen MR) is 101 cm³/mol. The van der Waals surface area contributed by atoms with Crippen LogP contribution < -0.4 is 0 Å². The lowest BCUT2D eigenvalue weighted by Gasteiger charge is -2.26. The Morgan fingerprint density at radius 3 is 1.91 bits per heavy atom. The Bertz CT molecular complexity index is 373. The molecule has 0 N–H and O–H groups in total. The molecule has 0 aliphatic heterocycles. The van der Waals surface area contributed by atoms with Gasteiger partial charge in [-0.05, 0) is 37.0 Å². The van der Waals surface area contributed by atoms with Gasteiger partial charge in [-0.3, -0.25) is 0 Å². The van der Waals surface area contributed by atoms with Crippen molar-refractivity contribution in [2.24, 2.45) is 0 Å². The number of unbranched alkanes of at least 4 members (excludes halogenated alkanes) is 2. The molecule has 0 saturated heterocycles. The summed E-state index contributed by atoms with van der Waals surface area (Å²) in [5.74, 6) is 0. The van der Waals surface area contributed by atoms with Gasteiger partial charge in [0.25, 0.3) is 0 Å². The maximum absolute atomic E-state index is 6.23. The van der Waals surface area contributed by atoms with Crippen molar-refractivity contribution in [3.05, 3.63) is 34.3 Å². The molecule has 1 aromatic carbocycles. The minimum atomic E-state index is -1.69. The van der Waals surface area contributed by atoms with E-state index >= 15 is 0 Å². The minimum absolute atomic E-state index is 0.451. The van der Waals surface area contributed by atoms with Gasteiger partial charge < -0.3 is 8.85 Å². The number of hydrogen-bond donors (Lipinski definition) is 0. The first-order valence-electron chi connectivity index (χ1n) is 8.71. The zero-order valence-electron chi connectivity index (χ0n) is 14.3. The fourth-order valence-corrected chi connectivity index (χ4v) is 5.21. The Balaban J connectivity index is 2.79. The highest BCUT2D eigenvalue weighted by atomic mass is 79.9. The maximum Gasteiger partial charge on any atom is 0.329 e. The van der Waals surface area contributed by atoms with Crippen LogP contribution in [0.4, 0.5) is 0 Å². The van der Waals surface area contributed by atoms with Crippen molar-refractivity contribution in [1.82, 2.24) is 0 Å². The predicted octanol–water partition coefficient (Wildman–Crippen LogP) is 5.73. The fraction of sp³-hybridized carbons (Fsp3) is 0.667. The van der Waals surface area contributed by atoms with Crippen LogP contribution >= 0.6 is 15.9 Å². The summed E-state index contributed by atoms with van der Waals surface area (Å²) in [4.78, 5) is 0. The highest BCUT2D eigenvalue weighted by Crippen LogP contribution is 2.27. The summed E-state index contributed by atoms with van der Waals surface area (Å²) >= 11 is 3.52. The summed E-state index contributed by atoms with van der Waals surface area (Å²) in [7, 11) is -1.69. The van der Waals surface area contributed by atoms with Crippen LogP contribution in [0.3, 0.4) is 0 Å². The van der Waals surface area contributed by atoms with E-state index in [1.165, 1.54) is 24.8 Å². The molecule has 2 nitrogen and oxygen atoms in total. The van der Waals surface area contributed by atoms with Crippen LogP contribution in [0, 0.1) is 0 Å². The van der Waals surface area contributed by atoms with Crippen molar-refractivity contribution in [3.8, 4) is 0 Å². The minimum Gasteiger partial charge on any atom is -0.396 e. The largest absolute Gasteiger partial charge is 0.396 e. The zero-order chi connectivity index (χ0) is 16.2. The molecule has 0 fully saturated rings. The molecule has 4 heteroatoms. The van der Waals surface area contributed by atoms with E-state index in [0.717, 1.165) is 36.9 Å². The summed E-state index contributed by atoms with van der Waals surface area (Å²) in [6.45, 7) is 8.34. The molecule has 0 bridgehead atoms. The molecule has 0 saturated carbocycles. The van der Waals surface area contributed by atoms with Crippen molar-refractivity contribution in [1.29, 1.82) is 0 Å². The molecule has 0 spiro atoms. The second-order valence-electron chi connectivity index (χ2n) is 5.76. The van der Waals surface area contributed by atoms with E-state index in [9.17, 15) is 0 Å². The second-order valence-corrected chi connectivity index (χ2v) is 8.89. The Hall–Kier alpha value is -0.163. The summed E-state index contributed by atoms with van der Waals surface area (Å²) < 4.78 is 13.6. The molecule has 0 aromatic heterocycles. The maximum atomic E-state index is 6.23. The molecule has 0 aliphatic carbocycles. The van der Waals surface area contributed by atoms with Crippen molar-refractivity contribution >= 4 is 25.2 Å². The molecule has 1 atom stereocenters. The van der Waals surface area contributed by atoms with Gasteiger partial charge in [-0.25, -0.2) is 0 Å². The Labute approximate surface area is 146 Å². The zero-order valence-corrected chi connectivity index (χ0v) is 17.1. The Kier molecular flexibility index (Phi) is 11.1. The van der Waals surface area contributed by atoms with Crippen LogP contribution in [0.15, 0.2) is 28.7 Å². The first-order valence-corrected chi connectivity index (χ1v) is 11.1. The van der Waals surface area contributed by atoms with Crippen LogP contribution in [0.1, 0.15) is 70.4 Å². The number of rotatable bonds is 12. The van der Waals surface area contributed by atoms with E-state index in [1.54, 1.807) is 0 Å². The van der Waals surface area contributed by atoms with Crippen molar-refractivity contribution in [3.63, 3.8) is 0 Å². The molecular formula is C18H31BrO2Si. The van der Waals surface area contributed by atoms with E-state index in [1.807, 2.05) is 0 Å². The van der Waals surface area contributed by atoms with E-state index in [4.69, 9.17) is 8.85 Å². The third kappa shape index (κ3) is 7.40. The van der Waals surface area contributed by atoms with E-state index in [0.29, 0.717) is 5.54 Å². The SMILES string of the molecule is CCCCO[SiH](OCCCC)C(CCC)c1ccc(Br)cc1. The highest BCUT2D eigenvalue weighted by Gasteiger charge is 2.27. The van der Waals surface area contributed by atoms with E-state index in [-0.39, 0.29) is 0 Å². The summed E-state index contributed by atoms with van der Waals surface area (Å²) in [6, 6.07) is 8.69. The molecule has 126 valence electrons. The number of benzene rings is 1. The molecule has 0 aliphatic rings. The molecule has 1 unspecified atom stereocenters. The lowest BCUT2D eigenvalue weighted by atomic mass is 10.1. The Morgan fingerprint density at radius 1 is 0.909 bits per heavy atom. The van der Waals surface area contributed by atoms with Crippen molar-refractivity contribution in [2.75, 3.05) is 13.2 Å². The van der Waals surface area contributed by atoms with Crippen molar-refractivity contribution in [2.45, 2.75) is 64.8 Å². The molecule has 0 amide bonds. The normalized spacial score (nSPS) is 12.8. The summed E-state index contributed by atoms with van der Waals surface area (Å²) in [6.07, 6.45) is 6.91. The van der Waals surface area contributed by atoms with Gasteiger partial charge in [0.2, 0.25) is 0 Å². The third-order valence-electron chi connectivity index (χ3n) is 3.79. The monoisotopic (exact) mass is 386 g/mol. The van der Waals surface area contributed by atoms with Gasteiger partial charge >= 0.3 is 9.28 Å². The van der Waals surface area contributed by atoms with E-state index in [2.05, 4.69) is 61.0 Å². The summed E-state index contributed by atoms with van der Waals surface area (Å²) in [5, 5.41) is 0. The first kappa shape index (κ1) is 19.9. The number of hydrogen-bond acceptors (Lipinski definition) is 2. The topological polar surface area (TPSA) is 18.5 Å². The quantitative estimate of drug-likeness (QED) is 0.337.